The maximum absolute atomic E-state index is 13.9. The van der Waals surface area contributed by atoms with Crippen molar-refractivity contribution in [3.63, 3.8) is 0 Å². The number of hydrogen-bond donors (Lipinski definition) is 2. The lowest BCUT2D eigenvalue weighted by Gasteiger charge is -2.34. The minimum atomic E-state index is -1.26. The number of nitrogens with zero attached hydrogens (tertiary/aromatic N) is 3. The molecule has 10 nitrogen and oxygen atoms in total. The normalized spacial score (nSPS) is 15.0. The zero-order valence-corrected chi connectivity index (χ0v) is 34.0. The molecular weight excluding hydrogens is 725 g/mol. The van der Waals surface area contributed by atoms with E-state index >= 15 is 0 Å². The molecule has 298 valence electrons. The number of fused-ring (bicyclic) bond motifs is 1. The van der Waals surface area contributed by atoms with Crippen LogP contribution in [0.25, 0.3) is 17.2 Å². The van der Waals surface area contributed by atoms with E-state index in [9.17, 15) is 18.9 Å². The minimum Gasteiger partial charge on any atom is -0.491 e. The average Bonchev–Trinajstić information content (AvgIpc) is 3.96. The molecule has 0 saturated heterocycles. The van der Waals surface area contributed by atoms with Crippen molar-refractivity contribution in [2.45, 2.75) is 95.8 Å². The van der Waals surface area contributed by atoms with Crippen molar-refractivity contribution in [1.82, 2.24) is 9.55 Å². The molecule has 2 heterocycles. The number of hydrogen-bond acceptors (Lipinski definition) is 7. The number of ether oxygens (including phenoxy) is 2. The standard InChI is InChI=1S/C45H56N4O6S/c1-5-7-24-54-25-26-55-39-17-12-32(13-18-39)34-14-21-41-36(27-34)28-35(9-8-23-48(41)31-45(3,4)44(51)52)43(50)47-37-15-19-40(20-16-37)56(53)30-38-29-46-42(33-10-11-33)49(38)22-6-2/h12-21,27-29,33H,5-11,22-26,30-31H2,1-4H3,(H,47,50)(H,51,52)/t56-/m1/s1. The van der Waals surface area contributed by atoms with Crippen LogP contribution in [0.4, 0.5) is 11.4 Å². The van der Waals surface area contributed by atoms with Crippen molar-refractivity contribution in [1.29, 1.82) is 0 Å². The fourth-order valence-corrected chi connectivity index (χ4v) is 8.09. The number of imidazole rings is 1. The second-order valence-electron chi connectivity index (χ2n) is 15.5. The highest BCUT2D eigenvalue weighted by molar-refractivity contribution is 7.84. The Morgan fingerprint density at radius 1 is 0.964 bits per heavy atom. The number of aromatic nitrogens is 2. The summed E-state index contributed by atoms with van der Waals surface area (Å²) in [5.41, 5.74) is 4.98. The molecule has 56 heavy (non-hydrogen) atoms. The van der Waals surface area contributed by atoms with Crippen molar-refractivity contribution in [3.8, 4) is 16.9 Å². The summed E-state index contributed by atoms with van der Waals surface area (Å²) in [6.07, 6.45) is 10.5. The monoisotopic (exact) mass is 780 g/mol. The van der Waals surface area contributed by atoms with Crippen molar-refractivity contribution >= 4 is 40.1 Å². The Bertz CT molecular complexity index is 2020. The molecule has 11 heteroatoms. The Hall–Kier alpha value is -4.74. The smallest absolute Gasteiger partial charge is 0.310 e. The second kappa shape index (κ2) is 18.9. The maximum Gasteiger partial charge on any atom is 0.310 e. The van der Waals surface area contributed by atoms with Crippen molar-refractivity contribution in [2.24, 2.45) is 5.41 Å². The summed E-state index contributed by atoms with van der Waals surface area (Å²) < 4.78 is 27.2. The molecule has 1 atom stereocenters. The quantitative estimate of drug-likeness (QED) is 0.0905. The number of amides is 1. The predicted molar refractivity (Wildman–Crippen MR) is 224 cm³/mol. The van der Waals surface area contributed by atoms with Gasteiger partial charge in [-0.25, -0.2) is 4.98 Å². The molecule has 6 rings (SSSR count). The molecule has 2 aliphatic rings. The highest BCUT2D eigenvalue weighted by Crippen LogP contribution is 2.40. The number of unbranched alkanes of at least 4 members (excludes halogenated alkanes) is 1. The van der Waals surface area contributed by atoms with Crippen LogP contribution < -0.4 is 15.0 Å². The van der Waals surface area contributed by atoms with E-state index in [1.54, 1.807) is 13.8 Å². The fourth-order valence-electron chi connectivity index (χ4n) is 6.99. The lowest BCUT2D eigenvalue weighted by molar-refractivity contribution is -0.146. The van der Waals surface area contributed by atoms with Gasteiger partial charge in [0.05, 0.1) is 34.3 Å². The molecular formula is C45H56N4O6S. The molecule has 1 saturated carbocycles. The number of carboxylic acids is 1. The first-order valence-electron chi connectivity index (χ1n) is 20.0. The van der Waals surface area contributed by atoms with Gasteiger partial charge in [0.25, 0.3) is 5.91 Å². The van der Waals surface area contributed by atoms with Crippen LogP contribution in [0.15, 0.2) is 83.4 Å². The highest BCUT2D eigenvalue weighted by atomic mass is 32.2. The predicted octanol–water partition coefficient (Wildman–Crippen LogP) is 9.07. The Kier molecular flexibility index (Phi) is 13.8. The summed E-state index contributed by atoms with van der Waals surface area (Å²) in [5, 5.41) is 13.0. The van der Waals surface area contributed by atoms with Gasteiger partial charge < -0.3 is 29.4 Å². The van der Waals surface area contributed by atoms with Crippen LogP contribution >= 0.6 is 0 Å². The van der Waals surface area contributed by atoms with Gasteiger partial charge in [0.1, 0.15) is 18.2 Å². The number of carbonyl (C=O) groups is 2. The van der Waals surface area contributed by atoms with E-state index in [2.05, 4.69) is 39.7 Å². The lowest BCUT2D eigenvalue weighted by Crippen LogP contribution is -2.40. The van der Waals surface area contributed by atoms with Crippen LogP contribution in [0.2, 0.25) is 0 Å². The molecule has 1 aromatic heterocycles. The molecule has 1 aliphatic carbocycles. The van der Waals surface area contributed by atoms with Gasteiger partial charge in [-0.3, -0.25) is 13.8 Å². The number of aliphatic carboxylic acids is 1. The first kappa shape index (κ1) is 40.9. The van der Waals surface area contributed by atoms with Crippen LogP contribution in [0.3, 0.4) is 0 Å². The third-order valence-electron chi connectivity index (χ3n) is 10.4. The molecule has 0 spiro atoms. The van der Waals surface area contributed by atoms with Crippen molar-refractivity contribution in [3.05, 3.63) is 95.6 Å². The molecule has 1 amide bonds. The van der Waals surface area contributed by atoms with Gasteiger partial charge in [0, 0.05) is 60.2 Å². The van der Waals surface area contributed by atoms with Gasteiger partial charge in [-0.05, 0) is 124 Å². The first-order valence-corrected chi connectivity index (χ1v) is 21.4. The van der Waals surface area contributed by atoms with Gasteiger partial charge in [-0.1, -0.05) is 38.5 Å². The van der Waals surface area contributed by atoms with E-state index in [0.29, 0.717) is 67.0 Å². The second-order valence-corrected chi connectivity index (χ2v) is 16.9. The zero-order chi connectivity index (χ0) is 39.7. The number of carboxylic acid groups (broad SMARTS) is 1. The molecule has 0 radical (unpaired) electrons. The SMILES string of the molecule is CCCCOCCOc1ccc(-c2ccc3c(c2)C=C(C(=O)Nc2ccc([S@](=O)Cc4cnc(C5CC5)n4CCC)cc2)CCCN3CC(C)(C)C(=O)O)cc1. The first-order chi connectivity index (χ1) is 27.1. The molecule has 1 aliphatic heterocycles. The third kappa shape index (κ3) is 10.6. The summed E-state index contributed by atoms with van der Waals surface area (Å²) in [5.74, 6) is 1.75. The molecule has 0 unspecified atom stereocenters. The molecule has 3 aromatic carbocycles. The number of anilines is 2. The molecule has 2 N–H and O–H groups in total. The number of nitrogens with one attached hydrogen (secondary N) is 1. The Morgan fingerprint density at radius 2 is 1.71 bits per heavy atom. The van der Waals surface area contributed by atoms with Gasteiger partial charge in [-0.2, -0.15) is 0 Å². The Morgan fingerprint density at radius 3 is 2.41 bits per heavy atom. The maximum atomic E-state index is 13.9. The van der Waals surface area contributed by atoms with Gasteiger partial charge in [-0.15, -0.1) is 0 Å². The minimum absolute atomic E-state index is 0.203. The van der Waals surface area contributed by atoms with E-state index in [1.807, 2.05) is 72.9 Å². The van der Waals surface area contributed by atoms with Crippen LogP contribution in [-0.2, 0) is 37.4 Å². The van der Waals surface area contributed by atoms with Crippen molar-refractivity contribution < 1.29 is 28.4 Å². The van der Waals surface area contributed by atoms with E-state index in [4.69, 9.17) is 9.47 Å². The van der Waals surface area contributed by atoms with Crippen LogP contribution in [0.5, 0.6) is 5.75 Å². The fraction of sp³-hybridized carbons (Fsp3) is 0.444. The van der Waals surface area contributed by atoms with Gasteiger partial charge in [0.2, 0.25) is 0 Å². The number of carbonyl (C=O) groups excluding carboxylic acids is 1. The van der Waals surface area contributed by atoms with E-state index in [0.717, 1.165) is 72.1 Å². The van der Waals surface area contributed by atoms with Gasteiger partial charge in [0.15, 0.2) is 0 Å². The summed E-state index contributed by atoms with van der Waals surface area (Å²) in [6, 6.07) is 21.3. The summed E-state index contributed by atoms with van der Waals surface area (Å²) in [6.45, 7) is 11.3. The van der Waals surface area contributed by atoms with E-state index in [-0.39, 0.29) is 5.91 Å². The Balaban J connectivity index is 1.18. The van der Waals surface area contributed by atoms with Gasteiger partial charge >= 0.3 is 5.97 Å². The third-order valence-corrected chi connectivity index (χ3v) is 11.7. The molecule has 4 aromatic rings. The van der Waals surface area contributed by atoms with E-state index < -0.39 is 22.2 Å². The molecule has 1 fully saturated rings. The Labute approximate surface area is 333 Å². The number of rotatable bonds is 19. The number of benzene rings is 3. The molecule has 0 bridgehead atoms. The van der Waals surface area contributed by atoms with Crippen molar-refractivity contribution in [2.75, 3.05) is 43.1 Å². The lowest BCUT2D eigenvalue weighted by atomic mass is 9.91. The summed E-state index contributed by atoms with van der Waals surface area (Å²) in [7, 11) is -1.26. The summed E-state index contributed by atoms with van der Waals surface area (Å²) >= 11 is 0. The topological polar surface area (TPSA) is 123 Å². The van der Waals surface area contributed by atoms with Crippen LogP contribution in [0, 0.1) is 5.41 Å². The summed E-state index contributed by atoms with van der Waals surface area (Å²) in [4.78, 5) is 33.5. The largest absolute Gasteiger partial charge is 0.491 e. The highest BCUT2D eigenvalue weighted by Gasteiger charge is 2.32. The zero-order valence-electron chi connectivity index (χ0n) is 33.2. The van der Waals surface area contributed by atoms with Crippen LogP contribution in [-0.4, -0.2) is 63.7 Å². The van der Waals surface area contributed by atoms with E-state index in [1.165, 1.54) is 12.8 Å². The average molecular weight is 781 g/mol. The van der Waals surface area contributed by atoms with Crippen LogP contribution in [0.1, 0.15) is 95.6 Å².